The summed E-state index contributed by atoms with van der Waals surface area (Å²) in [5.74, 6) is 0.220. The number of aromatic nitrogens is 1. The number of nitrogens with zero attached hydrogens (tertiary/aromatic N) is 4. The topological polar surface area (TPSA) is 39.7 Å². The Hall–Kier alpha value is -1.76. The SMILES string of the molecule is CC1CCCCN1C(=O)Cc1csc(-c2cccc(CN3CCN(C)CC3)c2)n1. The molecule has 2 aliphatic heterocycles. The van der Waals surface area contributed by atoms with Crippen LogP contribution in [0.15, 0.2) is 29.6 Å². The van der Waals surface area contributed by atoms with Gasteiger partial charge in [-0.05, 0) is 44.9 Å². The van der Waals surface area contributed by atoms with E-state index in [0.29, 0.717) is 12.5 Å². The lowest BCUT2D eigenvalue weighted by molar-refractivity contribution is -0.133. The van der Waals surface area contributed by atoms with Gasteiger partial charge in [0.2, 0.25) is 5.91 Å². The van der Waals surface area contributed by atoms with Crippen LogP contribution in [0.2, 0.25) is 0 Å². The van der Waals surface area contributed by atoms with Crippen LogP contribution in [-0.4, -0.2) is 71.4 Å². The number of hydrogen-bond acceptors (Lipinski definition) is 5. The second-order valence-electron chi connectivity index (χ2n) is 8.53. The second kappa shape index (κ2) is 9.37. The van der Waals surface area contributed by atoms with Crippen LogP contribution in [0.5, 0.6) is 0 Å². The minimum atomic E-state index is 0.220. The van der Waals surface area contributed by atoms with Crippen LogP contribution in [0.4, 0.5) is 0 Å². The third-order valence-electron chi connectivity index (χ3n) is 6.18. The van der Waals surface area contributed by atoms with Gasteiger partial charge in [-0.2, -0.15) is 0 Å². The van der Waals surface area contributed by atoms with Gasteiger partial charge in [-0.3, -0.25) is 9.69 Å². The highest BCUT2D eigenvalue weighted by molar-refractivity contribution is 7.13. The van der Waals surface area contributed by atoms with Crippen molar-refractivity contribution in [2.45, 2.75) is 45.2 Å². The number of thiazole rings is 1. The maximum Gasteiger partial charge on any atom is 0.228 e. The molecule has 2 saturated heterocycles. The van der Waals surface area contributed by atoms with E-state index in [-0.39, 0.29) is 5.91 Å². The number of carbonyl (C=O) groups is 1. The number of piperidine rings is 1. The van der Waals surface area contributed by atoms with E-state index in [9.17, 15) is 4.79 Å². The van der Waals surface area contributed by atoms with Crippen molar-refractivity contribution in [2.75, 3.05) is 39.8 Å². The molecule has 1 atom stereocenters. The highest BCUT2D eigenvalue weighted by atomic mass is 32.1. The minimum absolute atomic E-state index is 0.220. The molecule has 156 valence electrons. The molecule has 29 heavy (non-hydrogen) atoms. The first-order valence-electron chi connectivity index (χ1n) is 10.8. The molecule has 4 rings (SSSR count). The largest absolute Gasteiger partial charge is 0.340 e. The average Bonchev–Trinajstić information content (AvgIpc) is 3.19. The Labute approximate surface area is 178 Å². The molecular weight excluding hydrogens is 380 g/mol. The van der Waals surface area contributed by atoms with Crippen molar-refractivity contribution in [3.05, 3.63) is 40.9 Å². The Morgan fingerprint density at radius 1 is 1.17 bits per heavy atom. The van der Waals surface area contributed by atoms with E-state index in [2.05, 4.69) is 53.4 Å². The first-order chi connectivity index (χ1) is 14.1. The van der Waals surface area contributed by atoms with Gasteiger partial charge in [0.15, 0.2) is 0 Å². The zero-order valence-corrected chi connectivity index (χ0v) is 18.5. The van der Waals surface area contributed by atoms with E-state index >= 15 is 0 Å². The highest BCUT2D eigenvalue weighted by Gasteiger charge is 2.24. The molecule has 0 saturated carbocycles. The fraction of sp³-hybridized carbons (Fsp3) is 0.565. The molecule has 2 fully saturated rings. The number of amides is 1. The molecule has 2 aromatic rings. The van der Waals surface area contributed by atoms with Gasteiger partial charge in [-0.1, -0.05) is 18.2 Å². The van der Waals surface area contributed by atoms with Crippen molar-refractivity contribution in [3.63, 3.8) is 0 Å². The van der Waals surface area contributed by atoms with Crippen molar-refractivity contribution in [1.82, 2.24) is 19.7 Å². The van der Waals surface area contributed by atoms with Gasteiger partial charge in [-0.15, -0.1) is 11.3 Å². The molecule has 0 bridgehead atoms. The van der Waals surface area contributed by atoms with Gasteiger partial charge in [-0.25, -0.2) is 4.98 Å². The lowest BCUT2D eigenvalue weighted by atomic mass is 10.0. The summed E-state index contributed by atoms with van der Waals surface area (Å²) < 4.78 is 0. The van der Waals surface area contributed by atoms with Gasteiger partial charge < -0.3 is 9.80 Å². The fourth-order valence-corrected chi connectivity index (χ4v) is 5.13. The molecule has 2 aliphatic rings. The second-order valence-corrected chi connectivity index (χ2v) is 9.39. The summed E-state index contributed by atoms with van der Waals surface area (Å²) in [5.41, 5.74) is 3.39. The number of hydrogen-bond donors (Lipinski definition) is 0. The Balaban J connectivity index is 1.39. The molecule has 3 heterocycles. The first-order valence-corrected chi connectivity index (χ1v) is 11.7. The van der Waals surface area contributed by atoms with Crippen molar-refractivity contribution >= 4 is 17.2 Å². The van der Waals surface area contributed by atoms with E-state index in [4.69, 9.17) is 4.98 Å². The van der Waals surface area contributed by atoms with Crippen molar-refractivity contribution in [3.8, 4) is 10.6 Å². The minimum Gasteiger partial charge on any atom is -0.340 e. The van der Waals surface area contributed by atoms with Crippen molar-refractivity contribution in [1.29, 1.82) is 0 Å². The molecule has 6 heteroatoms. The summed E-state index contributed by atoms with van der Waals surface area (Å²) >= 11 is 1.65. The lowest BCUT2D eigenvalue weighted by Crippen LogP contribution is -2.43. The standard InChI is InChI=1S/C23H32N4OS/c1-18-6-3-4-9-27(18)22(28)15-21-17-29-23(24-21)20-8-5-7-19(14-20)16-26-12-10-25(2)11-13-26/h5,7-8,14,17-18H,3-4,6,9-13,15-16H2,1-2H3. The zero-order valence-electron chi connectivity index (χ0n) is 17.6. The molecule has 0 aliphatic carbocycles. The quantitative estimate of drug-likeness (QED) is 0.754. The fourth-order valence-electron chi connectivity index (χ4n) is 4.31. The summed E-state index contributed by atoms with van der Waals surface area (Å²) in [7, 11) is 2.19. The molecule has 0 radical (unpaired) electrons. The molecule has 5 nitrogen and oxygen atoms in total. The van der Waals surface area contributed by atoms with Crippen LogP contribution in [0, 0.1) is 0 Å². The number of likely N-dealkylation sites (tertiary alicyclic amines) is 1. The van der Waals surface area contributed by atoms with Crippen LogP contribution in [-0.2, 0) is 17.8 Å². The highest BCUT2D eigenvalue weighted by Crippen LogP contribution is 2.26. The maximum atomic E-state index is 12.7. The van der Waals surface area contributed by atoms with Gasteiger partial charge >= 0.3 is 0 Å². The van der Waals surface area contributed by atoms with E-state index in [1.54, 1.807) is 11.3 Å². The predicted molar refractivity (Wildman–Crippen MR) is 119 cm³/mol. The summed E-state index contributed by atoms with van der Waals surface area (Å²) in [6, 6.07) is 9.08. The van der Waals surface area contributed by atoms with E-state index in [0.717, 1.165) is 68.4 Å². The van der Waals surface area contributed by atoms with Crippen LogP contribution in [0.25, 0.3) is 10.6 Å². The molecule has 0 N–H and O–H groups in total. The molecule has 0 spiro atoms. The third kappa shape index (κ3) is 5.24. The van der Waals surface area contributed by atoms with Crippen molar-refractivity contribution < 1.29 is 4.79 Å². The number of rotatable bonds is 5. The monoisotopic (exact) mass is 412 g/mol. The smallest absolute Gasteiger partial charge is 0.228 e. The van der Waals surface area contributed by atoms with Crippen LogP contribution >= 0.6 is 11.3 Å². The lowest BCUT2D eigenvalue weighted by Gasteiger charge is -2.33. The van der Waals surface area contributed by atoms with E-state index < -0.39 is 0 Å². The summed E-state index contributed by atoms with van der Waals surface area (Å²) in [6.07, 6.45) is 3.89. The van der Waals surface area contributed by atoms with Crippen molar-refractivity contribution in [2.24, 2.45) is 0 Å². The molecule has 1 amide bonds. The zero-order chi connectivity index (χ0) is 20.2. The van der Waals surface area contributed by atoms with Crippen LogP contribution in [0.3, 0.4) is 0 Å². The number of likely N-dealkylation sites (N-methyl/N-ethyl adjacent to an activating group) is 1. The number of benzene rings is 1. The molecule has 1 aromatic heterocycles. The normalized spacial score (nSPS) is 21.4. The number of piperazine rings is 1. The maximum absolute atomic E-state index is 12.7. The summed E-state index contributed by atoms with van der Waals surface area (Å²) in [5, 5.41) is 3.06. The first kappa shape index (κ1) is 20.5. The molecular formula is C23H32N4OS. The van der Waals surface area contributed by atoms with Crippen LogP contribution < -0.4 is 0 Å². The van der Waals surface area contributed by atoms with Crippen LogP contribution in [0.1, 0.15) is 37.4 Å². The Morgan fingerprint density at radius 2 is 2.00 bits per heavy atom. The van der Waals surface area contributed by atoms with E-state index in [1.807, 2.05) is 4.90 Å². The Bertz CT molecular complexity index is 828. The third-order valence-corrected chi connectivity index (χ3v) is 7.12. The van der Waals surface area contributed by atoms with Gasteiger partial charge in [0.1, 0.15) is 5.01 Å². The van der Waals surface area contributed by atoms with Gasteiger partial charge in [0, 0.05) is 56.3 Å². The summed E-state index contributed by atoms with van der Waals surface area (Å²) in [6.45, 7) is 8.57. The Morgan fingerprint density at radius 3 is 2.79 bits per heavy atom. The van der Waals surface area contributed by atoms with E-state index in [1.165, 1.54) is 12.0 Å². The summed E-state index contributed by atoms with van der Waals surface area (Å²) in [4.78, 5) is 24.4. The predicted octanol–water partition coefficient (Wildman–Crippen LogP) is 3.50. The molecule has 1 aromatic carbocycles. The van der Waals surface area contributed by atoms with Gasteiger partial charge in [0.25, 0.3) is 0 Å². The Kier molecular flexibility index (Phi) is 6.63. The average molecular weight is 413 g/mol. The number of carbonyl (C=O) groups excluding carboxylic acids is 1. The molecule has 1 unspecified atom stereocenters. The van der Waals surface area contributed by atoms with Gasteiger partial charge in [0.05, 0.1) is 12.1 Å².